The number of phenolic OH excluding ortho intramolecular Hbond substituents is 1. The zero-order valence-electron chi connectivity index (χ0n) is 16.6. The molecule has 0 saturated carbocycles. The van der Waals surface area contributed by atoms with E-state index in [2.05, 4.69) is 15.8 Å². The summed E-state index contributed by atoms with van der Waals surface area (Å²) in [6, 6.07) is 9.37. The normalized spacial score (nSPS) is 10.8. The van der Waals surface area contributed by atoms with Crippen LogP contribution in [0.15, 0.2) is 41.5 Å². The molecule has 2 aromatic carbocycles. The Balaban J connectivity index is 1.98. The SMILES string of the molecule is COc1cc(C(=O)NCC(=O)NN=C(C)c2ccc(O)cc2)cc(OC)c1OC. The monoisotopic (exact) mass is 401 g/mol. The number of ether oxygens (including phenoxy) is 3. The van der Waals surface area contributed by atoms with Gasteiger partial charge in [-0.1, -0.05) is 0 Å². The van der Waals surface area contributed by atoms with Gasteiger partial charge in [-0.2, -0.15) is 5.10 Å². The van der Waals surface area contributed by atoms with Gasteiger partial charge in [-0.05, 0) is 48.9 Å². The molecule has 2 aromatic rings. The predicted molar refractivity (Wildman–Crippen MR) is 107 cm³/mol. The molecule has 0 fully saturated rings. The van der Waals surface area contributed by atoms with Crippen LogP contribution in [0.5, 0.6) is 23.0 Å². The Kier molecular flexibility index (Phi) is 7.41. The van der Waals surface area contributed by atoms with Crippen molar-refractivity contribution in [2.24, 2.45) is 5.10 Å². The fourth-order valence-corrected chi connectivity index (χ4v) is 2.43. The molecule has 0 radical (unpaired) electrons. The molecule has 0 aliphatic heterocycles. The maximum atomic E-state index is 12.4. The number of amides is 2. The first-order valence-electron chi connectivity index (χ1n) is 8.60. The van der Waals surface area contributed by atoms with E-state index in [1.54, 1.807) is 19.1 Å². The van der Waals surface area contributed by atoms with Gasteiger partial charge in [0.1, 0.15) is 5.75 Å². The zero-order chi connectivity index (χ0) is 21.4. The summed E-state index contributed by atoms with van der Waals surface area (Å²) in [5.74, 6) is 0.178. The lowest BCUT2D eigenvalue weighted by Gasteiger charge is -2.14. The Morgan fingerprint density at radius 1 is 0.966 bits per heavy atom. The van der Waals surface area contributed by atoms with E-state index in [4.69, 9.17) is 14.2 Å². The van der Waals surface area contributed by atoms with Gasteiger partial charge in [0.2, 0.25) is 5.75 Å². The minimum absolute atomic E-state index is 0.139. The van der Waals surface area contributed by atoms with Gasteiger partial charge in [-0.15, -0.1) is 0 Å². The zero-order valence-corrected chi connectivity index (χ0v) is 16.6. The van der Waals surface area contributed by atoms with Gasteiger partial charge in [-0.25, -0.2) is 5.43 Å². The number of hydrogen-bond acceptors (Lipinski definition) is 7. The third-order valence-electron chi connectivity index (χ3n) is 3.97. The van der Waals surface area contributed by atoms with Crippen LogP contribution in [0.3, 0.4) is 0 Å². The smallest absolute Gasteiger partial charge is 0.259 e. The standard InChI is InChI=1S/C20H23N3O6/c1-12(13-5-7-15(24)8-6-13)22-23-18(25)11-21-20(26)14-9-16(27-2)19(29-4)17(10-14)28-3/h5-10,24H,11H2,1-4H3,(H,21,26)(H,23,25). The minimum Gasteiger partial charge on any atom is -0.508 e. The number of nitrogens with zero attached hydrogens (tertiary/aromatic N) is 1. The number of carbonyl (C=O) groups is 2. The highest BCUT2D eigenvalue weighted by Crippen LogP contribution is 2.38. The van der Waals surface area contributed by atoms with Crippen LogP contribution in [-0.2, 0) is 4.79 Å². The summed E-state index contributed by atoms with van der Waals surface area (Å²) in [5, 5.41) is 15.8. The van der Waals surface area contributed by atoms with Crippen molar-refractivity contribution in [3.05, 3.63) is 47.5 Å². The second-order valence-corrected chi connectivity index (χ2v) is 5.88. The largest absolute Gasteiger partial charge is 0.508 e. The Morgan fingerprint density at radius 3 is 2.07 bits per heavy atom. The molecule has 0 heterocycles. The molecular weight excluding hydrogens is 378 g/mol. The van der Waals surface area contributed by atoms with Crippen LogP contribution in [0.2, 0.25) is 0 Å². The molecule has 0 atom stereocenters. The van der Waals surface area contributed by atoms with Gasteiger partial charge in [-0.3, -0.25) is 9.59 Å². The molecule has 0 unspecified atom stereocenters. The molecule has 9 nitrogen and oxygen atoms in total. The van der Waals surface area contributed by atoms with Crippen molar-refractivity contribution in [2.75, 3.05) is 27.9 Å². The van der Waals surface area contributed by atoms with E-state index >= 15 is 0 Å². The van der Waals surface area contributed by atoms with Crippen molar-refractivity contribution < 1.29 is 28.9 Å². The van der Waals surface area contributed by atoms with Crippen LogP contribution in [0.1, 0.15) is 22.8 Å². The van der Waals surface area contributed by atoms with Gasteiger partial charge in [0, 0.05) is 5.56 Å². The maximum Gasteiger partial charge on any atom is 0.259 e. The van der Waals surface area contributed by atoms with E-state index in [1.807, 2.05) is 0 Å². The molecule has 2 amide bonds. The lowest BCUT2D eigenvalue weighted by atomic mass is 10.1. The Hall–Kier alpha value is -3.75. The van der Waals surface area contributed by atoms with E-state index < -0.39 is 11.8 Å². The first-order chi connectivity index (χ1) is 13.9. The van der Waals surface area contributed by atoms with E-state index in [1.165, 1.54) is 45.6 Å². The topological polar surface area (TPSA) is 118 Å². The highest BCUT2D eigenvalue weighted by Gasteiger charge is 2.17. The minimum atomic E-state index is -0.496. The van der Waals surface area contributed by atoms with E-state index in [0.29, 0.717) is 23.0 Å². The fourth-order valence-electron chi connectivity index (χ4n) is 2.43. The van der Waals surface area contributed by atoms with Crippen LogP contribution in [0.25, 0.3) is 0 Å². The summed E-state index contributed by atoms with van der Waals surface area (Å²) >= 11 is 0. The molecule has 2 rings (SSSR count). The van der Waals surface area contributed by atoms with Crippen LogP contribution in [-0.4, -0.2) is 50.5 Å². The second kappa shape index (κ2) is 9.98. The summed E-state index contributed by atoms with van der Waals surface area (Å²) in [6.07, 6.45) is 0. The lowest BCUT2D eigenvalue weighted by molar-refractivity contribution is -0.120. The number of hydrogen-bond donors (Lipinski definition) is 3. The highest BCUT2D eigenvalue weighted by molar-refractivity contribution is 6.00. The van der Waals surface area contributed by atoms with Crippen LogP contribution >= 0.6 is 0 Å². The van der Waals surface area contributed by atoms with Crippen molar-refractivity contribution >= 4 is 17.5 Å². The number of methoxy groups -OCH3 is 3. The number of nitrogens with one attached hydrogen (secondary N) is 2. The van der Waals surface area contributed by atoms with Crippen molar-refractivity contribution in [1.29, 1.82) is 0 Å². The average Bonchev–Trinajstić information content (AvgIpc) is 2.74. The quantitative estimate of drug-likeness (QED) is 0.458. The molecule has 0 spiro atoms. The number of aromatic hydroxyl groups is 1. The third kappa shape index (κ3) is 5.61. The number of rotatable bonds is 8. The van der Waals surface area contributed by atoms with Gasteiger partial charge in [0.15, 0.2) is 11.5 Å². The van der Waals surface area contributed by atoms with Crippen molar-refractivity contribution in [1.82, 2.24) is 10.7 Å². The van der Waals surface area contributed by atoms with Crippen molar-refractivity contribution in [2.45, 2.75) is 6.92 Å². The molecule has 0 bridgehead atoms. The Labute approximate surface area is 168 Å². The van der Waals surface area contributed by atoms with E-state index in [0.717, 1.165) is 5.56 Å². The van der Waals surface area contributed by atoms with Gasteiger partial charge in [0.05, 0.1) is 33.6 Å². The summed E-state index contributed by atoms with van der Waals surface area (Å²) in [6.45, 7) is 1.43. The first kappa shape index (κ1) is 21.5. The average molecular weight is 401 g/mol. The highest BCUT2D eigenvalue weighted by atomic mass is 16.5. The molecule has 0 aromatic heterocycles. The van der Waals surface area contributed by atoms with E-state index in [9.17, 15) is 14.7 Å². The van der Waals surface area contributed by atoms with Crippen molar-refractivity contribution in [3.63, 3.8) is 0 Å². The summed E-state index contributed by atoms with van der Waals surface area (Å²) in [5.41, 5.74) is 3.91. The predicted octanol–water partition coefficient (Wildman–Crippen LogP) is 1.69. The van der Waals surface area contributed by atoms with Gasteiger partial charge >= 0.3 is 0 Å². The molecular formula is C20H23N3O6. The Bertz CT molecular complexity index is 884. The second-order valence-electron chi connectivity index (χ2n) is 5.88. The number of carbonyl (C=O) groups excluding carboxylic acids is 2. The van der Waals surface area contributed by atoms with Crippen LogP contribution in [0, 0.1) is 0 Å². The molecule has 0 saturated heterocycles. The molecule has 29 heavy (non-hydrogen) atoms. The number of benzene rings is 2. The molecule has 9 heteroatoms. The van der Waals surface area contributed by atoms with Crippen molar-refractivity contribution in [3.8, 4) is 23.0 Å². The Morgan fingerprint density at radius 2 is 1.55 bits per heavy atom. The maximum absolute atomic E-state index is 12.4. The van der Waals surface area contributed by atoms with Crippen LogP contribution in [0.4, 0.5) is 0 Å². The molecule has 3 N–H and O–H groups in total. The molecule has 0 aliphatic carbocycles. The van der Waals surface area contributed by atoms with E-state index in [-0.39, 0.29) is 17.9 Å². The fraction of sp³-hybridized carbons (Fsp3) is 0.250. The summed E-state index contributed by atoms with van der Waals surface area (Å²) in [7, 11) is 4.35. The molecule has 0 aliphatic rings. The molecule has 154 valence electrons. The third-order valence-corrected chi connectivity index (χ3v) is 3.97. The van der Waals surface area contributed by atoms with Gasteiger partial charge in [0.25, 0.3) is 11.8 Å². The number of hydrazone groups is 1. The number of phenols is 1. The lowest BCUT2D eigenvalue weighted by Crippen LogP contribution is -2.35. The van der Waals surface area contributed by atoms with Crippen LogP contribution < -0.4 is 25.0 Å². The first-order valence-corrected chi connectivity index (χ1v) is 8.60. The van der Waals surface area contributed by atoms with Gasteiger partial charge < -0.3 is 24.6 Å². The summed E-state index contributed by atoms with van der Waals surface area (Å²) < 4.78 is 15.6. The summed E-state index contributed by atoms with van der Waals surface area (Å²) in [4.78, 5) is 24.3.